The van der Waals surface area contributed by atoms with E-state index in [9.17, 15) is 4.79 Å². The first kappa shape index (κ1) is 20.7. The maximum Gasteiger partial charge on any atom is 0.279 e. The lowest BCUT2D eigenvalue weighted by molar-refractivity contribution is -0.125. The smallest absolute Gasteiger partial charge is 0.279 e. The second-order valence-electron chi connectivity index (χ2n) is 6.16. The minimum absolute atomic E-state index is 0.245. The van der Waals surface area contributed by atoms with Crippen molar-refractivity contribution in [1.29, 1.82) is 0 Å². The molecule has 3 aromatic carbocycles. The molecule has 0 unspecified atom stereocenters. The third-order valence-corrected chi connectivity index (χ3v) is 4.17. The number of hydrogen-bond acceptors (Lipinski definition) is 6. The molecule has 3 aromatic rings. The number of amides is 1. The Kier molecular flexibility index (Phi) is 7.27. The van der Waals surface area contributed by atoms with Crippen LogP contribution in [-0.2, 0) is 9.63 Å². The summed E-state index contributed by atoms with van der Waals surface area (Å²) in [5.41, 5.74) is 5.19. The molecule has 0 saturated carbocycles. The van der Waals surface area contributed by atoms with Gasteiger partial charge in [0.25, 0.3) is 5.91 Å². The highest BCUT2D eigenvalue weighted by atomic mass is 16.6. The largest absolute Gasteiger partial charge is 0.497 e. The number of methoxy groups -OCH3 is 2. The molecule has 0 aliphatic heterocycles. The van der Waals surface area contributed by atoms with Crippen LogP contribution in [0.2, 0.25) is 0 Å². The van der Waals surface area contributed by atoms with Gasteiger partial charge in [0.05, 0.1) is 31.8 Å². The van der Waals surface area contributed by atoms with E-state index in [0.717, 1.165) is 11.4 Å². The quantitative estimate of drug-likeness (QED) is 0.431. The van der Waals surface area contributed by atoms with Crippen LogP contribution >= 0.6 is 0 Å². The summed E-state index contributed by atoms with van der Waals surface area (Å²) in [6.07, 6.45) is 1.48. The second kappa shape index (κ2) is 10.5. The predicted molar refractivity (Wildman–Crippen MR) is 116 cm³/mol. The highest BCUT2D eigenvalue weighted by molar-refractivity contribution is 5.84. The normalized spacial score (nSPS) is 10.5. The van der Waals surface area contributed by atoms with Gasteiger partial charge in [-0.2, -0.15) is 0 Å². The maximum absolute atomic E-state index is 12.4. The first-order valence-corrected chi connectivity index (χ1v) is 9.28. The van der Waals surface area contributed by atoms with Gasteiger partial charge in [0.2, 0.25) is 0 Å². The fourth-order valence-electron chi connectivity index (χ4n) is 2.70. The summed E-state index contributed by atoms with van der Waals surface area (Å²) < 4.78 is 10.5. The molecule has 0 atom stereocenters. The fraction of sp³-hybridized carbons (Fsp3) is 0.130. The Hall–Kier alpha value is -4.00. The molecular formula is C23H23N3O4. The van der Waals surface area contributed by atoms with Crippen LogP contribution in [-0.4, -0.2) is 32.9 Å². The summed E-state index contributed by atoms with van der Waals surface area (Å²) in [4.78, 5) is 17.6. The van der Waals surface area contributed by atoms with E-state index in [1.54, 1.807) is 37.4 Å². The highest BCUT2D eigenvalue weighted by Gasteiger charge is 2.12. The van der Waals surface area contributed by atoms with Gasteiger partial charge in [-0.1, -0.05) is 41.6 Å². The molecule has 3 rings (SSSR count). The molecule has 0 aromatic heterocycles. The summed E-state index contributed by atoms with van der Waals surface area (Å²) in [5, 5.41) is 5.57. The molecule has 0 aliphatic rings. The zero-order valence-corrected chi connectivity index (χ0v) is 16.8. The van der Waals surface area contributed by atoms with E-state index >= 15 is 0 Å². The molecule has 0 saturated heterocycles. The number of hydrogen-bond donors (Lipinski definition) is 1. The highest BCUT2D eigenvalue weighted by Crippen LogP contribution is 2.23. The van der Waals surface area contributed by atoms with E-state index in [-0.39, 0.29) is 12.5 Å². The van der Waals surface area contributed by atoms with E-state index in [1.807, 2.05) is 60.7 Å². The monoisotopic (exact) mass is 405 g/mol. The summed E-state index contributed by atoms with van der Waals surface area (Å²) in [7, 11) is 3.14. The third kappa shape index (κ3) is 5.51. The minimum Gasteiger partial charge on any atom is -0.497 e. The summed E-state index contributed by atoms with van der Waals surface area (Å²) >= 11 is 0. The molecule has 0 spiro atoms. The zero-order chi connectivity index (χ0) is 21.2. The lowest BCUT2D eigenvalue weighted by Gasteiger charge is -2.25. The Labute approximate surface area is 175 Å². The van der Waals surface area contributed by atoms with E-state index < -0.39 is 0 Å². The Morgan fingerprint density at radius 1 is 0.933 bits per heavy atom. The van der Waals surface area contributed by atoms with Crippen molar-refractivity contribution in [2.75, 3.05) is 25.8 Å². The molecule has 30 heavy (non-hydrogen) atoms. The van der Waals surface area contributed by atoms with Gasteiger partial charge in [0.15, 0.2) is 6.61 Å². The summed E-state index contributed by atoms with van der Waals surface area (Å²) in [6, 6.07) is 24.4. The van der Waals surface area contributed by atoms with Crippen LogP contribution in [0.4, 0.5) is 11.4 Å². The number of benzene rings is 3. The number of nitrogens with one attached hydrogen (secondary N) is 1. The van der Waals surface area contributed by atoms with Gasteiger partial charge in [0, 0.05) is 11.6 Å². The van der Waals surface area contributed by atoms with Gasteiger partial charge in [0.1, 0.15) is 11.5 Å². The number of anilines is 2. The van der Waals surface area contributed by atoms with Gasteiger partial charge < -0.3 is 14.3 Å². The van der Waals surface area contributed by atoms with Crippen LogP contribution in [0.25, 0.3) is 0 Å². The van der Waals surface area contributed by atoms with Gasteiger partial charge in [-0.3, -0.25) is 15.2 Å². The van der Waals surface area contributed by atoms with Crippen LogP contribution in [0.15, 0.2) is 84.0 Å². The number of oxime groups is 1. The molecule has 0 heterocycles. The van der Waals surface area contributed by atoms with E-state index in [0.29, 0.717) is 17.1 Å². The molecule has 0 fully saturated rings. The number of rotatable bonds is 9. The Morgan fingerprint density at radius 3 is 2.13 bits per heavy atom. The number of hydrazine groups is 1. The van der Waals surface area contributed by atoms with Crippen molar-refractivity contribution in [3.8, 4) is 11.5 Å². The Bertz CT molecular complexity index is 939. The standard InChI is InChI=1S/C23H23N3O4/c1-28-21-14-13-18(22(15-21)29-2)16-24-30-17-23(27)25-26(19-9-5-3-6-10-19)20-11-7-4-8-12-20/h3-16H,17H2,1-2H3,(H,25,27)/b24-16-. The van der Waals surface area contributed by atoms with Crippen molar-refractivity contribution in [3.63, 3.8) is 0 Å². The first-order valence-electron chi connectivity index (χ1n) is 9.28. The van der Waals surface area contributed by atoms with Crippen LogP contribution in [0.3, 0.4) is 0 Å². The lowest BCUT2D eigenvalue weighted by atomic mass is 10.2. The molecule has 154 valence electrons. The second-order valence-corrected chi connectivity index (χ2v) is 6.16. The number of para-hydroxylation sites is 2. The van der Waals surface area contributed by atoms with Crippen molar-refractivity contribution < 1.29 is 19.1 Å². The fourth-order valence-corrected chi connectivity index (χ4v) is 2.70. The van der Waals surface area contributed by atoms with Crippen LogP contribution in [0.1, 0.15) is 5.56 Å². The van der Waals surface area contributed by atoms with Crippen molar-refractivity contribution in [1.82, 2.24) is 5.43 Å². The molecule has 1 amide bonds. The van der Waals surface area contributed by atoms with E-state index in [4.69, 9.17) is 14.3 Å². The number of nitrogens with zero attached hydrogens (tertiary/aromatic N) is 2. The molecular weight excluding hydrogens is 382 g/mol. The predicted octanol–water partition coefficient (Wildman–Crippen LogP) is 3.92. The van der Waals surface area contributed by atoms with Crippen LogP contribution in [0.5, 0.6) is 11.5 Å². The minimum atomic E-state index is -0.346. The van der Waals surface area contributed by atoms with Gasteiger partial charge >= 0.3 is 0 Å². The lowest BCUT2D eigenvalue weighted by Crippen LogP contribution is -2.40. The number of carbonyl (C=O) groups is 1. The summed E-state index contributed by atoms with van der Waals surface area (Å²) in [6.45, 7) is -0.245. The van der Waals surface area contributed by atoms with Crippen molar-refractivity contribution >= 4 is 23.5 Å². The molecule has 7 nitrogen and oxygen atoms in total. The van der Waals surface area contributed by atoms with Crippen molar-refractivity contribution in [3.05, 3.63) is 84.4 Å². The van der Waals surface area contributed by atoms with Crippen molar-refractivity contribution in [2.24, 2.45) is 5.16 Å². The van der Waals surface area contributed by atoms with Crippen LogP contribution in [0, 0.1) is 0 Å². The SMILES string of the molecule is COc1ccc(/C=N\OCC(=O)NN(c2ccccc2)c2ccccc2)c(OC)c1. The molecule has 0 bridgehead atoms. The average molecular weight is 405 g/mol. The van der Waals surface area contributed by atoms with Gasteiger partial charge in [-0.05, 0) is 36.4 Å². The molecule has 7 heteroatoms. The Balaban J connectivity index is 1.62. The number of ether oxygens (including phenoxy) is 2. The van der Waals surface area contributed by atoms with Crippen molar-refractivity contribution in [2.45, 2.75) is 0 Å². The van der Waals surface area contributed by atoms with Gasteiger partial charge in [-0.15, -0.1) is 0 Å². The van der Waals surface area contributed by atoms with Crippen LogP contribution < -0.4 is 19.9 Å². The molecule has 0 aliphatic carbocycles. The topological polar surface area (TPSA) is 72.4 Å². The Morgan fingerprint density at radius 2 is 1.57 bits per heavy atom. The van der Waals surface area contributed by atoms with E-state index in [2.05, 4.69) is 10.6 Å². The first-order chi connectivity index (χ1) is 14.7. The third-order valence-electron chi connectivity index (χ3n) is 4.17. The molecule has 0 radical (unpaired) electrons. The average Bonchev–Trinajstić information content (AvgIpc) is 2.81. The molecule has 1 N–H and O–H groups in total. The zero-order valence-electron chi connectivity index (χ0n) is 16.8. The summed E-state index contributed by atoms with van der Waals surface area (Å²) in [5.74, 6) is 0.915. The van der Waals surface area contributed by atoms with Gasteiger partial charge in [-0.25, -0.2) is 0 Å². The number of carbonyl (C=O) groups excluding carboxylic acids is 1. The maximum atomic E-state index is 12.4. The van der Waals surface area contributed by atoms with E-state index in [1.165, 1.54) is 6.21 Å².